The van der Waals surface area contributed by atoms with E-state index in [4.69, 9.17) is 4.74 Å². The topological polar surface area (TPSA) is 75.7 Å². The minimum atomic E-state index is -3.66. The monoisotopic (exact) mass is 406 g/mol. The third kappa shape index (κ3) is 3.42. The highest BCUT2D eigenvalue weighted by Gasteiger charge is 2.33. The lowest BCUT2D eigenvalue weighted by Gasteiger charge is -2.25. The Morgan fingerprint density at radius 1 is 1.22 bits per heavy atom. The summed E-state index contributed by atoms with van der Waals surface area (Å²) in [5.74, 6) is 0.129. The molecular formula is C19H22N2O4S2. The van der Waals surface area contributed by atoms with Crippen molar-refractivity contribution in [2.24, 2.45) is 0 Å². The van der Waals surface area contributed by atoms with Gasteiger partial charge in [0.1, 0.15) is 6.10 Å². The second-order valence-corrected chi connectivity index (χ2v) is 10.00. The van der Waals surface area contributed by atoms with Crippen molar-refractivity contribution < 1.29 is 17.9 Å². The zero-order valence-corrected chi connectivity index (χ0v) is 17.0. The van der Waals surface area contributed by atoms with Gasteiger partial charge >= 0.3 is 0 Å². The number of anilines is 1. The van der Waals surface area contributed by atoms with Gasteiger partial charge in [-0.15, -0.1) is 11.3 Å². The maximum absolute atomic E-state index is 12.9. The summed E-state index contributed by atoms with van der Waals surface area (Å²) in [4.78, 5) is 16.2. The van der Waals surface area contributed by atoms with Crippen molar-refractivity contribution in [1.29, 1.82) is 0 Å². The number of methoxy groups -OCH3 is 1. The summed E-state index contributed by atoms with van der Waals surface area (Å²) in [7, 11) is -2.07. The second kappa shape index (κ2) is 7.01. The summed E-state index contributed by atoms with van der Waals surface area (Å²) in [6, 6.07) is 7.38. The largest absolute Gasteiger partial charge is 0.375 e. The molecule has 0 radical (unpaired) electrons. The minimum absolute atomic E-state index is 0.129. The Labute approximate surface area is 163 Å². The van der Waals surface area contributed by atoms with Crippen molar-refractivity contribution >= 4 is 33.0 Å². The Hall–Kier alpha value is -1.74. The number of carbonyl (C=O) groups excluding carboxylic acids is 1. The van der Waals surface area contributed by atoms with Crippen LogP contribution in [0.5, 0.6) is 0 Å². The number of ether oxygens (including phenoxy) is 1. The van der Waals surface area contributed by atoms with Gasteiger partial charge in [0, 0.05) is 36.4 Å². The number of amides is 1. The predicted octanol–water partition coefficient (Wildman–Crippen LogP) is 2.56. The van der Waals surface area contributed by atoms with E-state index < -0.39 is 10.0 Å². The molecule has 8 heteroatoms. The van der Waals surface area contributed by atoms with Crippen LogP contribution in [0.3, 0.4) is 0 Å². The Morgan fingerprint density at radius 2 is 1.96 bits per heavy atom. The quantitative estimate of drug-likeness (QED) is 0.800. The van der Waals surface area contributed by atoms with Gasteiger partial charge < -0.3 is 9.64 Å². The first-order valence-electron chi connectivity index (χ1n) is 8.94. The average molecular weight is 407 g/mol. The minimum Gasteiger partial charge on any atom is -0.375 e. The Morgan fingerprint density at radius 3 is 2.63 bits per heavy atom. The fourth-order valence-corrected chi connectivity index (χ4v) is 5.86. The van der Waals surface area contributed by atoms with E-state index in [0.29, 0.717) is 25.8 Å². The molecule has 1 atom stereocenters. The third-order valence-corrected chi connectivity index (χ3v) is 7.65. The maximum Gasteiger partial charge on any atom is 0.240 e. The molecule has 3 heterocycles. The average Bonchev–Trinajstić information content (AvgIpc) is 3.26. The lowest BCUT2D eigenvalue weighted by atomic mass is 10.00. The Kier molecular flexibility index (Phi) is 4.84. The van der Waals surface area contributed by atoms with E-state index in [2.05, 4.69) is 4.72 Å². The van der Waals surface area contributed by atoms with Crippen LogP contribution in [0.2, 0.25) is 0 Å². The van der Waals surface area contributed by atoms with E-state index in [-0.39, 0.29) is 23.5 Å². The summed E-state index contributed by atoms with van der Waals surface area (Å²) in [6.45, 7) is 2.83. The lowest BCUT2D eigenvalue weighted by molar-refractivity contribution is -0.118. The van der Waals surface area contributed by atoms with Gasteiger partial charge in [-0.25, -0.2) is 13.1 Å². The summed E-state index contributed by atoms with van der Waals surface area (Å²) >= 11 is 1.60. The van der Waals surface area contributed by atoms with Crippen LogP contribution in [0.4, 0.5) is 5.69 Å². The molecule has 0 saturated carbocycles. The zero-order chi connectivity index (χ0) is 19.2. The van der Waals surface area contributed by atoms with Gasteiger partial charge in [0.15, 0.2) is 0 Å². The van der Waals surface area contributed by atoms with E-state index in [9.17, 15) is 13.2 Å². The van der Waals surface area contributed by atoms with Crippen LogP contribution >= 0.6 is 11.3 Å². The van der Waals surface area contributed by atoms with E-state index in [0.717, 1.165) is 26.6 Å². The Balaban J connectivity index is 1.57. The van der Waals surface area contributed by atoms with Crippen molar-refractivity contribution in [2.75, 3.05) is 25.1 Å². The highest BCUT2D eigenvalue weighted by Crippen LogP contribution is 2.38. The molecule has 0 aliphatic carbocycles. The number of carbonyl (C=O) groups is 1. The van der Waals surface area contributed by atoms with Gasteiger partial charge in [-0.3, -0.25) is 4.79 Å². The van der Waals surface area contributed by atoms with Gasteiger partial charge in [-0.05, 0) is 55.2 Å². The number of benzene rings is 1. The third-order valence-electron chi connectivity index (χ3n) is 5.16. The summed E-state index contributed by atoms with van der Waals surface area (Å²) in [5, 5.41) is 0. The van der Waals surface area contributed by atoms with Gasteiger partial charge in [0.05, 0.1) is 10.6 Å². The molecule has 0 saturated heterocycles. The van der Waals surface area contributed by atoms with Gasteiger partial charge in [-0.2, -0.15) is 0 Å². The molecule has 144 valence electrons. The number of rotatable bonds is 6. The molecule has 1 N–H and O–H groups in total. The zero-order valence-electron chi connectivity index (χ0n) is 15.3. The van der Waals surface area contributed by atoms with Crippen LogP contribution in [0, 0.1) is 6.92 Å². The molecule has 1 aromatic heterocycles. The van der Waals surface area contributed by atoms with E-state index in [1.54, 1.807) is 35.5 Å². The van der Waals surface area contributed by atoms with Gasteiger partial charge in [0.25, 0.3) is 0 Å². The molecule has 1 amide bonds. The highest BCUT2D eigenvalue weighted by atomic mass is 32.2. The Bertz CT molecular complexity index is 997. The van der Waals surface area contributed by atoms with Crippen molar-refractivity contribution in [1.82, 2.24) is 4.72 Å². The smallest absolute Gasteiger partial charge is 0.240 e. The van der Waals surface area contributed by atoms with Crippen molar-refractivity contribution in [2.45, 2.75) is 37.2 Å². The van der Waals surface area contributed by atoms with Crippen molar-refractivity contribution in [3.63, 3.8) is 0 Å². The van der Waals surface area contributed by atoms with E-state index >= 15 is 0 Å². The molecule has 0 bridgehead atoms. The number of nitrogens with zero attached hydrogens (tertiary/aromatic N) is 1. The molecule has 0 unspecified atom stereocenters. The number of thiophene rings is 1. The fraction of sp³-hybridized carbons (Fsp3) is 0.421. The number of hydrogen-bond donors (Lipinski definition) is 1. The van der Waals surface area contributed by atoms with Crippen LogP contribution in [0.25, 0.3) is 0 Å². The van der Waals surface area contributed by atoms with Gasteiger partial charge in [0.2, 0.25) is 15.9 Å². The number of aryl methyl sites for hydroxylation is 2. The molecule has 0 fully saturated rings. The van der Waals surface area contributed by atoms with Crippen LogP contribution in [-0.2, 0) is 32.4 Å². The lowest BCUT2D eigenvalue weighted by Crippen LogP contribution is -2.33. The molecule has 6 nitrogen and oxygen atoms in total. The van der Waals surface area contributed by atoms with Crippen molar-refractivity contribution in [3.05, 3.63) is 45.1 Å². The molecule has 2 aromatic rings. The summed E-state index contributed by atoms with van der Waals surface area (Å²) in [6.07, 6.45) is 1.41. The molecule has 2 aliphatic rings. The molecule has 27 heavy (non-hydrogen) atoms. The number of sulfonamides is 1. The molecule has 4 rings (SSSR count). The van der Waals surface area contributed by atoms with Crippen LogP contribution in [0.15, 0.2) is 29.2 Å². The van der Waals surface area contributed by atoms with Crippen LogP contribution in [0.1, 0.15) is 33.4 Å². The first-order valence-corrected chi connectivity index (χ1v) is 11.2. The molecule has 0 spiro atoms. The normalized spacial score (nSPS) is 17.3. The predicted molar refractivity (Wildman–Crippen MR) is 105 cm³/mol. The number of nitrogens with one attached hydrogen (secondary N) is 1. The number of hydrogen-bond acceptors (Lipinski definition) is 5. The maximum atomic E-state index is 12.9. The first kappa shape index (κ1) is 18.6. The second-order valence-electron chi connectivity index (χ2n) is 6.91. The van der Waals surface area contributed by atoms with Gasteiger partial charge in [-0.1, -0.05) is 0 Å². The molecule has 2 aliphatic heterocycles. The molecular weight excluding hydrogens is 384 g/mol. The highest BCUT2D eigenvalue weighted by molar-refractivity contribution is 7.89. The first-order chi connectivity index (χ1) is 12.9. The SMILES string of the molecule is CO[C@H](CNS(=O)(=O)c1cc2c3c(c1)CCN3C(=O)CC2)c1ccc(C)s1. The van der Waals surface area contributed by atoms with E-state index in [1.165, 1.54) is 0 Å². The molecule has 1 aromatic carbocycles. The standard InChI is InChI=1S/C19H22N2O4S2/c1-12-3-5-17(26-12)16(25-2)11-20-27(23,24)15-9-13-4-6-18(22)21-8-7-14(10-15)19(13)21/h3,5,9-10,16,20H,4,6-8,11H2,1-2H3/t16-/m1/s1. The van der Waals surface area contributed by atoms with E-state index in [1.807, 2.05) is 19.1 Å². The fourth-order valence-electron chi connectivity index (χ4n) is 3.78. The van der Waals surface area contributed by atoms with Crippen molar-refractivity contribution in [3.8, 4) is 0 Å². The van der Waals surface area contributed by atoms with Crippen LogP contribution in [-0.4, -0.2) is 34.5 Å². The summed E-state index contributed by atoms with van der Waals surface area (Å²) in [5.41, 5.74) is 2.81. The summed E-state index contributed by atoms with van der Waals surface area (Å²) < 4.78 is 33.9. The van der Waals surface area contributed by atoms with Crippen LogP contribution < -0.4 is 9.62 Å².